The van der Waals surface area contributed by atoms with Gasteiger partial charge in [-0.15, -0.1) is 0 Å². The SMILES string of the molecule is CC(=O)c1c(C)[nH]c(C(=O)NC2CCNC2)c1C. The van der Waals surface area contributed by atoms with Crippen LogP contribution >= 0.6 is 0 Å². The third-order valence-electron chi connectivity index (χ3n) is 3.41. The third kappa shape index (κ3) is 2.31. The van der Waals surface area contributed by atoms with Crippen LogP contribution in [0.5, 0.6) is 0 Å². The Bertz CT molecular complexity index is 485. The maximum Gasteiger partial charge on any atom is 0.268 e. The number of aromatic amines is 1. The molecule has 1 fully saturated rings. The highest BCUT2D eigenvalue weighted by molar-refractivity contribution is 6.02. The standard InChI is InChI=1S/C13H19N3O2/c1-7-11(9(3)17)8(2)15-12(7)13(18)16-10-4-5-14-6-10/h10,14-15H,4-6H2,1-3H3,(H,16,18). The van der Waals surface area contributed by atoms with Crippen molar-refractivity contribution >= 4 is 11.7 Å². The van der Waals surface area contributed by atoms with Crippen LogP contribution in [0, 0.1) is 13.8 Å². The van der Waals surface area contributed by atoms with Gasteiger partial charge in [-0.25, -0.2) is 0 Å². The fourth-order valence-electron chi connectivity index (χ4n) is 2.54. The number of hydrogen-bond donors (Lipinski definition) is 3. The Kier molecular flexibility index (Phi) is 3.52. The van der Waals surface area contributed by atoms with E-state index in [1.165, 1.54) is 6.92 Å². The zero-order valence-corrected chi connectivity index (χ0v) is 11.0. The van der Waals surface area contributed by atoms with E-state index in [4.69, 9.17) is 0 Å². The van der Waals surface area contributed by atoms with Crippen LogP contribution in [0.3, 0.4) is 0 Å². The van der Waals surface area contributed by atoms with Gasteiger partial charge in [0.1, 0.15) is 5.69 Å². The molecule has 0 radical (unpaired) electrons. The van der Waals surface area contributed by atoms with Crippen molar-refractivity contribution in [2.24, 2.45) is 0 Å². The van der Waals surface area contributed by atoms with E-state index in [1.807, 2.05) is 13.8 Å². The van der Waals surface area contributed by atoms with Crippen molar-refractivity contribution < 1.29 is 9.59 Å². The van der Waals surface area contributed by atoms with Crippen molar-refractivity contribution in [1.82, 2.24) is 15.6 Å². The molecule has 0 bridgehead atoms. The number of hydrogen-bond acceptors (Lipinski definition) is 3. The fraction of sp³-hybridized carbons (Fsp3) is 0.538. The maximum absolute atomic E-state index is 12.1. The number of aromatic nitrogens is 1. The second-order valence-corrected chi connectivity index (χ2v) is 4.84. The molecule has 0 spiro atoms. The van der Waals surface area contributed by atoms with Crippen molar-refractivity contribution in [1.29, 1.82) is 0 Å². The number of nitrogens with one attached hydrogen (secondary N) is 3. The van der Waals surface area contributed by atoms with Crippen LogP contribution in [-0.2, 0) is 0 Å². The molecule has 0 saturated carbocycles. The Morgan fingerprint density at radius 2 is 2.06 bits per heavy atom. The van der Waals surface area contributed by atoms with Crippen molar-refractivity contribution in [2.45, 2.75) is 33.2 Å². The van der Waals surface area contributed by atoms with Crippen LogP contribution in [0.1, 0.15) is 45.4 Å². The van der Waals surface area contributed by atoms with Gasteiger partial charge in [-0.1, -0.05) is 0 Å². The second kappa shape index (κ2) is 4.94. The van der Waals surface area contributed by atoms with Crippen molar-refractivity contribution in [3.8, 4) is 0 Å². The molecule has 1 unspecified atom stereocenters. The van der Waals surface area contributed by atoms with Crippen LogP contribution in [0.15, 0.2) is 0 Å². The number of Topliss-reactive ketones (excluding diaryl/α,β-unsaturated/α-hetero) is 1. The van der Waals surface area contributed by atoms with E-state index in [2.05, 4.69) is 15.6 Å². The molecule has 0 aliphatic carbocycles. The molecule has 1 aliphatic heterocycles. The summed E-state index contributed by atoms with van der Waals surface area (Å²) in [6.07, 6.45) is 0.948. The topological polar surface area (TPSA) is 74.0 Å². The molecule has 98 valence electrons. The highest BCUT2D eigenvalue weighted by atomic mass is 16.2. The number of carbonyl (C=O) groups excluding carboxylic acids is 2. The molecule has 2 rings (SSSR count). The molecule has 0 aromatic carbocycles. The van der Waals surface area contributed by atoms with E-state index in [9.17, 15) is 9.59 Å². The molecule has 1 aromatic rings. The van der Waals surface area contributed by atoms with Gasteiger partial charge in [0.25, 0.3) is 5.91 Å². The average Bonchev–Trinajstić information content (AvgIpc) is 2.86. The fourth-order valence-corrected chi connectivity index (χ4v) is 2.54. The van der Waals surface area contributed by atoms with E-state index in [0.29, 0.717) is 11.3 Å². The quantitative estimate of drug-likeness (QED) is 0.698. The number of ketones is 1. The van der Waals surface area contributed by atoms with E-state index >= 15 is 0 Å². The van der Waals surface area contributed by atoms with E-state index in [-0.39, 0.29) is 17.7 Å². The first-order chi connectivity index (χ1) is 8.50. The summed E-state index contributed by atoms with van der Waals surface area (Å²) >= 11 is 0. The minimum atomic E-state index is -0.128. The lowest BCUT2D eigenvalue weighted by atomic mass is 10.1. The first-order valence-electron chi connectivity index (χ1n) is 6.22. The Balaban J connectivity index is 2.20. The molecule has 1 aliphatic rings. The number of rotatable bonds is 3. The average molecular weight is 249 g/mol. The molecule has 1 amide bonds. The summed E-state index contributed by atoms with van der Waals surface area (Å²) in [5, 5.41) is 6.17. The number of H-pyrrole nitrogens is 1. The van der Waals surface area contributed by atoms with Crippen molar-refractivity contribution in [2.75, 3.05) is 13.1 Å². The van der Waals surface area contributed by atoms with Crippen LogP contribution in [0.4, 0.5) is 0 Å². The smallest absolute Gasteiger partial charge is 0.268 e. The maximum atomic E-state index is 12.1. The normalized spacial score (nSPS) is 18.9. The molecular formula is C13H19N3O2. The van der Waals surface area contributed by atoms with Crippen molar-refractivity contribution in [3.05, 3.63) is 22.5 Å². The number of aryl methyl sites for hydroxylation is 1. The summed E-state index contributed by atoms with van der Waals surface area (Å²) in [5.41, 5.74) is 2.63. The molecule has 5 heteroatoms. The van der Waals surface area contributed by atoms with Gasteiger partial charge in [0.2, 0.25) is 0 Å². The molecule has 5 nitrogen and oxygen atoms in total. The third-order valence-corrected chi connectivity index (χ3v) is 3.41. The second-order valence-electron chi connectivity index (χ2n) is 4.84. The zero-order valence-electron chi connectivity index (χ0n) is 11.0. The number of carbonyl (C=O) groups is 2. The summed E-state index contributed by atoms with van der Waals surface area (Å²) in [5.74, 6) is -0.139. The molecule has 1 saturated heterocycles. The van der Waals surface area contributed by atoms with Gasteiger partial charge in [0.15, 0.2) is 5.78 Å². The lowest BCUT2D eigenvalue weighted by molar-refractivity contribution is 0.0934. The summed E-state index contributed by atoms with van der Waals surface area (Å²) in [4.78, 5) is 26.6. The van der Waals surface area contributed by atoms with Crippen LogP contribution in [-0.4, -0.2) is 35.8 Å². The molecule has 18 heavy (non-hydrogen) atoms. The van der Waals surface area contributed by atoms with Gasteiger partial charge in [-0.2, -0.15) is 0 Å². The first-order valence-corrected chi connectivity index (χ1v) is 6.22. The van der Waals surface area contributed by atoms with E-state index in [1.54, 1.807) is 0 Å². The van der Waals surface area contributed by atoms with E-state index in [0.717, 1.165) is 30.8 Å². The Morgan fingerprint density at radius 1 is 1.33 bits per heavy atom. The van der Waals surface area contributed by atoms with Gasteiger partial charge in [-0.3, -0.25) is 9.59 Å². The number of amides is 1. The lowest BCUT2D eigenvalue weighted by Gasteiger charge is -2.10. The van der Waals surface area contributed by atoms with Crippen LogP contribution < -0.4 is 10.6 Å². The summed E-state index contributed by atoms with van der Waals surface area (Å²) < 4.78 is 0. The molecule has 1 aromatic heterocycles. The summed E-state index contributed by atoms with van der Waals surface area (Å²) in [6.45, 7) is 6.89. The largest absolute Gasteiger partial charge is 0.354 e. The predicted molar refractivity (Wildman–Crippen MR) is 69.0 cm³/mol. The molecule has 2 heterocycles. The van der Waals surface area contributed by atoms with E-state index < -0.39 is 0 Å². The van der Waals surface area contributed by atoms with Gasteiger partial charge in [0, 0.05) is 23.8 Å². The zero-order chi connectivity index (χ0) is 13.3. The first kappa shape index (κ1) is 12.8. The van der Waals surface area contributed by atoms with Gasteiger partial charge in [-0.05, 0) is 39.3 Å². The predicted octanol–water partition coefficient (Wildman–Crippen LogP) is 0.926. The van der Waals surface area contributed by atoms with Crippen molar-refractivity contribution in [3.63, 3.8) is 0 Å². The molecule has 1 atom stereocenters. The summed E-state index contributed by atoms with van der Waals surface area (Å²) in [6, 6.07) is 0.182. The highest BCUT2D eigenvalue weighted by Crippen LogP contribution is 2.18. The highest BCUT2D eigenvalue weighted by Gasteiger charge is 2.22. The van der Waals surface area contributed by atoms with Crippen LogP contribution in [0.2, 0.25) is 0 Å². The van der Waals surface area contributed by atoms with Crippen LogP contribution in [0.25, 0.3) is 0 Å². The lowest BCUT2D eigenvalue weighted by Crippen LogP contribution is -2.36. The monoisotopic (exact) mass is 249 g/mol. The van der Waals surface area contributed by atoms with Gasteiger partial charge in [0.05, 0.1) is 0 Å². The summed E-state index contributed by atoms with van der Waals surface area (Å²) in [7, 11) is 0. The molecule has 3 N–H and O–H groups in total. The Morgan fingerprint density at radius 3 is 2.56 bits per heavy atom. The minimum absolute atomic E-state index is 0.0113. The van der Waals surface area contributed by atoms with Gasteiger partial charge >= 0.3 is 0 Å². The van der Waals surface area contributed by atoms with Gasteiger partial charge < -0.3 is 15.6 Å². The Labute approximate surface area is 106 Å². The minimum Gasteiger partial charge on any atom is -0.354 e. The molecular weight excluding hydrogens is 230 g/mol. The Hall–Kier alpha value is -1.62.